The summed E-state index contributed by atoms with van der Waals surface area (Å²) in [4.78, 5) is 0. The van der Waals surface area contributed by atoms with Crippen LogP contribution in [-0.4, -0.2) is 18.3 Å². The molecule has 1 heterocycles. The number of nitriles is 1. The smallest absolute Gasteiger partial charge is 0.133 e. The molecule has 1 N–H and O–H groups in total. The number of phenols is 1. The topological polar surface area (TPSA) is 53.2 Å². The average Bonchev–Trinajstić information content (AvgIpc) is 2.30. The fourth-order valence-corrected chi connectivity index (χ4v) is 2.11. The van der Waals surface area contributed by atoms with Gasteiger partial charge in [-0.3, -0.25) is 0 Å². The predicted molar refractivity (Wildman–Crippen MR) is 60.2 cm³/mol. The van der Waals surface area contributed by atoms with Crippen molar-refractivity contribution in [3.63, 3.8) is 0 Å². The lowest BCUT2D eigenvalue weighted by Crippen LogP contribution is -2.30. The van der Waals surface area contributed by atoms with Crippen LogP contribution in [0.2, 0.25) is 0 Å². The van der Waals surface area contributed by atoms with Gasteiger partial charge in [-0.2, -0.15) is 5.26 Å². The molecule has 0 aromatic heterocycles. The molecule has 0 unspecified atom stereocenters. The lowest BCUT2D eigenvalue weighted by Gasteiger charge is -2.34. The van der Waals surface area contributed by atoms with Gasteiger partial charge in [0.25, 0.3) is 0 Å². The van der Waals surface area contributed by atoms with Crippen LogP contribution in [0.15, 0.2) is 18.2 Å². The number of hydrogen-bond acceptors (Lipinski definition) is 3. The number of nitrogens with zero attached hydrogens (tertiary/aromatic N) is 1. The van der Waals surface area contributed by atoms with Crippen molar-refractivity contribution in [2.75, 3.05) is 13.2 Å². The summed E-state index contributed by atoms with van der Waals surface area (Å²) < 4.78 is 5.35. The second-order valence-corrected chi connectivity index (χ2v) is 4.52. The molecule has 0 radical (unpaired) electrons. The Hall–Kier alpha value is -1.53. The standard InChI is InChI=1S/C13H15NO2/c1-13(4-6-16-7-5-13)11-3-2-10(9-14)12(15)8-11/h2-3,8,15H,4-7H2,1H3. The van der Waals surface area contributed by atoms with Crippen LogP contribution in [0.25, 0.3) is 0 Å². The van der Waals surface area contributed by atoms with Crippen molar-refractivity contribution in [2.45, 2.75) is 25.2 Å². The first-order valence-corrected chi connectivity index (χ1v) is 5.47. The average molecular weight is 217 g/mol. The first kappa shape index (κ1) is 11.0. The molecule has 1 aliphatic rings. The zero-order valence-electron chi connectivity index (χ0n) is 9.36. The molecule has 1 fully saturated rings. The molecule has 0 aliphatic carbocycles. The van der Waals surface area contributed by atoms with Gasteiger partial charge in [-0.15, -0.1) is 0 Å². The molecule has 1 saturated heterocycles. The minimum Gasteiger partial charge on any atom is -0.507 e. The Morgan fingerprint density at radius 3 is 2.62 bits per heavy atom. The molecule has 0 bridgehead atoms. The van der Waals surface area contributed by atoms with Gasteiger partial charge in [-0.05, 0) is 36.0 Å². The van der Waals surface area contributed by atoms with Crippen molar-refractivity contribution in [1.82, 2.24) is 0 Å². The molecule has 0 spiro atoms. The van der Waals surface area contributed by atoms with Crippen molar-refractivity contribution < 1.29 is 9.84 Å². The number of hydrogen-bond donors (Lipinski definition) is 1. The summed E-state index contributed by atoms with van der Waals surface area (Å²) >= 11 is 0. The highest BCUT2D eigenvalue weighted by molar-refractivity contribution is 5.46. The van der Waals surface area contributed by atoms with Gasteiger partial charge in [-0.1, -0.05) is 13.0 Å². The molecule has 16 heavy (non-hydrogen) atoms. The summed E-state index contributed by atoms with van der Waals surface area (Å²) in [6.07, 6.45) is 1.91. The third-order valence-electron chi connectivity index (χ3n) is 3.41. The maximum absolute atomic E-state index is 9.68. The minimum atomic E-state index is 0.0592. The molecule has 84 valence electrons. The molecule has 1 aliphatic heterocycles. The normalized spacial score (nSPS) is 19.0. The number of aromatic hydroxyl groups is 1. The van der Waals surface area contributed by atoms with Crippen LogP contribution in [0.4, 0.5) is 0 Å². The highest BCUT2D eigenvalue weighted by Gasteiger charge is 2.29. The number of phenolic OH excluding ortho intramolecular Hbond substituents is 1. The Balaban J connectivity index is 2.33. The third kappa shape index (κ3) is 1.89. The van der Waals surface area contributed by atoms with E-state index in [1.807, 2.05) is 12.1 Å². The van der Waals surface area contributed by atoms with Crippen molar-refractivity contribution >= 4 is 0 Å². The maximum atomic E-state index is 9.68. The van der Waals surface area contributed by atoms with Gasteiger partial charge in [-0.25, -0.2) is 0 Å². The Labute approximate surface area is 95.3 Å². The van der Waals surface area contributed by atoms with E-state index < -0.39 is 0 Å². The third-order valence-corrected chi connectivity index (χ3v) is 3.41. The fraction of sp³-hybridized carbons (Fsp3) is 0.462. The van der Waals surface area contributed by atoms with E-state index in [1.165, 1.54) is 0 Å². The van der Waals surface area contributed by atoms with Gasteiger partial charge in [0.15, 0.2) is 0 Å². The van der Waals surface area contributed by atoms with Crippen LogP contribution in [0.3, 0.4) is 0 Å². The van der Waals surface area contributed by atoms with Crippen molar-refractivity contribution in [3.8, 4) is 11.8 Å². The van der Waals surface area contributed by atoms with E-state index in [0.29, 0.717) is 5.56 Å². The number of benzene rings is 1. The van der Waals surface area contributed by atoms with E-state index in [-0.39, 0.29) is 11.2 Å². The number of ether oxygens (including phenoxy) is 1. The van der Waals surface area contributed by atoms with E-state index in [1.54, 1.807) is 12.1 Å². The van der Waals surface area contributed by atoms with Crippen LogP contribution in [0.1, 0.15) is 30.9 Å². The summed E-state index contributed by atoms with van der Waals surface area (Å²) in [5.41, 5.74) is 1.48. The van der Waals surface area contributed by atoms with Crippen LogP contribution < -0.4 is 0 Å². The summed E-state index contributed by atoms with van der Waals surface area (Å²) in [7, 11) is 0. The van der Waals surface area contributed by atoms with E-state index in [9.17, 15) is 5.11 Å². The first-order chi connectivity index (χ1) is 7.65. The molecule has 0 amide bonds. The molecule has 1 aromatic rings. The van der Waals surface area contributed by atoms with E-state index in [2.05, 4.69) is 6.92 Å². The van der Waals surface area contributed by atoms with Gasteiger partial charge in [0.1, 0.15) is 11.8 Å². The van der Waals surface area contributed by atoms with Gasteiger partial charge in [0, 0.05) is 13.2 Å². The van der Waals surface area contributed by atoms with Gasteiger partial charge in [0.2, 0.25) is 0 Å². The van der Waals surface area contributed by atoms with Crippen LogP contribution >= 0.6 is 0 Å². The van der Waals surface area contributed by atoms with Crippen LogP contribution in [0.5, 0.6) is 5.75 Å². The molecule has 2 rings (SSSR count). The van der Waals surface area contributed by atoms with Crippen molar-refractivity contribution in [1.29, 1.82) is 5.26 Å². The summed E-state index contributed by atoms with van der Waals surface area (Å²) in [5.74, 6) is 0.0766. The van der Waals surface area contributed by atoms with Crippen molar-refractivity contribution in [3.05, 3.63) is 29.3 Å². The first-order valence-electron chi connectivity index (χ1n) is 5.47. The quantitative estimate of drug-likeness (QED) is 0.785. The largest absolute Gasteiger partial charge is 0.507 e. The molecule has 3 heteroatoms. The molecule has 1 aromatic carbocycles. The Kier molecular flexibility index (Phi) is 2.84. The highest BCUT2D eigenvalue weighted by atomic mass is 16.5. The summed E-state index contributed by atoms with van der Waals surface area (Å²) in [5, 5.41) is 18.4. The van der Waals surface area contributed by atoms with Crippen LogP contribution in [-0.2, 0) is 10.2 Å². The molecule has 0 atom stereocenters. The van der Waals surface area contributed by atoms with Crippen molar-refractivity contribution in [2.24, 2.45) is 0 Å². The summed E-state index contributed by atoms with van der Waals surface area (Å²) in [6.45, 7) is 3.70. The maximum Gasteiger partial charge on any atom is 0.133 e. The van der Waals surface area contributed by atoms with E-state index >= 15 is 0 Å². The highest BCUT2D eigenvalue weighted by Crippen LogP contribution is 2.36. The molecular formula is C13H15NO2. The van der Waals surface area contributed by atoms with Crippen LogP contribution in [0, 0.1) is 11.3 Å². The Morgan fingerprint density at radius 2 is 2.06 bits per heavy atom. The molecular weight excluding hydrogens is 202 g/mol. The zero-order valence-corrected chi connectivity index (χ0v) is 9.36. The number of rotatable bonds is 1. The van der Waals surface area contributed by atoms with E-state index in [0.717, 1.165) is 31.6 Å². The van der Waals surface area contributed by atoms with Gasteiger partial charge < -0.3 is 9.84 Å². The zero-order chi connectivity index (χ0) is 11.6. The fourth-order valence-electron chi connectivity index (χ4n) is 2.11. The Bertz CT molecular complexity index is 428. The monoisotopic (exact) mass is 217 g/mol. The Morgan fingerprint density at radius 1 is 1.38 bits per heavy atom. The lowest BCUT2D eigenvalue weighted by atomic mass is 9.76. The second kappa shape index (κ2) is 4.15. The molecule has 3 nitrogen and oxygen atoms in total. The minimum absolute atomic E-state index is 0.0592. The second-order valence-electron chi connectivity index (χ2n) is 4.52. The molecule has 0 saturated carbocycles. The van der Waals surface area contributed by atoms with Gasteiger partial charge in [0.05, 0.1) is 5.56 Å². The SMILES string of the molecule is CC1(c2ccc(C#N)c(O)c2)CCOCC1. The predicted octanol–water partition coefficient (Wildman–Crippen LogP) is 2.33. The lowest BCUT2D eigenvalue weighted by molar-refractivity contribution is 0.0564. The van der Waals surface area contributed by atoms with Gasteiger partial charge >= 0.3 is 0 Å². The summed E-state index contributed by atoms with van der Waals surface area (Å²) in [6, 6.07) is 7.30. The van der Waals surface area contributed by atoms with E-state index in [4.69, 9.17) is 10.00 Å².